The number of benzene rings is 8. The quantitative estimate of drug-likeness (QED) is 0.0316. The van der Waals surface area contributed by atoms with E-state index in [4.69, 9.17) is 0 Å². The molecular formula is C51H40N6Na5O23S6+5. The summed E-state index contributed by atoms with van der Waals surface area (Å²) in [5, 5.41) is 11.8. The van der Waals surface area contributed by atoms with Crippen molar-refractivity contribution in [2.45, 2.75) is 43.2 Å². The number of hydrogen-bond acceptors (Lipinski definition) is 17. The van der Waals surface area contributed by atoms with E-state index in [2.05, 4.69) is 31.9 Å². The Morgan fingerprint density at radius 2 is 0.604 bits per heavy atom. The molecular weight excluding hydrogens is 1370 g/mol. The van der Waals surface area contributed by atoms with Crippen molar-refractivity contribution < 1.29 is 250 Å². The van der Waals surface area contributed by atoms with Gasteiger partial charge in [0.1, 0.15) is 19.6 Å². The predicted molar refractivity (Wildman–Crippen MR) is 306 cm³/mol. The number of nitrogens with one attached hydrogen (secondary N) is 6. The van der Waals surface area contributed by atoms with E-state index in [1.165, 1.54) is 84.9 Å². The number of hydrogen-bond donors (Lipinski definition) is 12. The zero-order valence-electron chi connectivity index (χ0n) is 48.3. The Hall–Kier alpha value is -4.11. The molecule has 0 heterocycles. The van der Waals surface area contributed by atoms with Crippen LogP contribution in [0.2, 0.25) is 0 Å². The van der Waals surface area contributed by atoms with Crippen molar-refractivity contribution in [2.75, 3.05) is 31.9 Å². The maximum atomic E-state index is 13.7. The summed E-state index contributed by atoms with van der Waals surface area (Å²) in [6.07, 6.45) is 0. The number of fused-ring (bicyclic) bond motifs is 2. The van der Waals surface area contributed by atoms with Gasteiger partial charge in [0.05, 0.1) is 21.2 Å². The van der Waals surface area contributed by atoms with E-state index >= 15 is 0 Å². The van der Waals surface area contributed by atoms with Crippen molar-refractivity contribution in [1.82, 2.24) is 0 Å². The van der Waals surface area contributed by atoms with Crippen molar-refractivity contribution in [1.29, 1.82) is 0 Å². The zero-order chi connectivity index (χ0) is 63.4. The molecule has 0 aliphatic rings. The molecule has 448 valence electrons. The Balaban J connectivity index is 0.00000432. The summed E-state index contributed by atoms with van der Waals surface area (Å²) >= 11 is 0. The first kappa shape index (κ1) is 81.1. The molecule has 0 aromatic heterocycles. The number of urea groups is 1. The van der Waals surface area contributed by atoms with Gasteiger partial charge >= 0.3 is 154 Å². The summed E-state index contributed by atoms with van der Waals surface area (Å²) in [5.41, 5.74) is -0.385. The summed E-state index contributed by atoms with van der Waals surface area (Å²) in [6, 6.07) is 22.6. The molecule has 0 saturated carbocycles. The third kappa shape index (κ3) is 19.5. The molecule has 0 atom stereocenters. The van der Waals surface area contributed by atoms with Gasteiger partial charge in [-0.05, 0) is 134 Å². The van der Waals surface area contributed by atoms with Crippen LogP contribution >= 0.6 is 0 Å². The number of rotatable bonds is 16. The predicted octanol–water partition coefficient (Wildman–Crippen LogP) is -8.24. The molecule has 0 aliphatic carbocycles. The monoisotopic (exact) mass is 1410 g/mol. The van der Waals surface area contributed by atoms with Crippen molar-refractivity contribution in [2.24, 2.45) is 0 Å². The van der Waals surface area contributed by atoms with Crippen LogP contribution in [0.15, 0.2) is 163 Å². The van der Waals surface area contributed by atoms with Gasteiger partial charge in [-0.3, -0.25) is 46.5 Å². The van der Waals surface area contributed by atoms with Crippen LogP contribution in [-0.4, -0.2) is 107 Å². The summed E-state index contributed by atoms with van der Waals surface area (Å²) in [6.45, 7) is 3.12. The fourth-order valence-corrected chi connectivity index (χ4v) is 12.6. The van der Waals surface area contributed by atoms with Crippen LogP contribution in [0.25, 0.3) is 21.5 Å². The SMILES string of the molecule is Cc1ccc(C(=O)Nc2ccc(S(=O)(=O)O)c3cc(S(=O)(=O)O)cc(S(=O)(=O)O)c23)cc1NC(=O)c1cccc(NC(=O)Nc2cccc(C(=O)Nc3cc(C(=O)Nc4ccc(S(=O)(=O)O)c5cc(S(=O)(=O)O)cc(S(=O)(=O)O)c45)ccc3C)c2)c1.[Na+].[Na+].[Na+].[Na+].[Na+]. The van der Waals surface area contributed by atoms with Crippen LogP contribution in [0.3, 0.4) is 0 Å². The van der Waals surface area contributed by atoms with E-state index in [-0.39, 0.29) is 193 Å². The second kappa shape index (κ2) is 31.2. The standard InChI is InChI=1S/C51H40N6O23S6.5Na/c1-25-9-11-29(49(60)54-37-13-15-41(83(69,70)71)35-21-33(81(63,64)65)23-43(45(35)37)85(75,76)77)19-39(25)56-47(58)27-5-3-7-31(17-27)52-51(62)53-32-8-4-6-28(18-32)48(59)57-40-20-30(12-10-26(40)2)50(61)55-38-14-16-42(84(72,73)74)36-22-34(82(66,67)68)24-44(46(36)38)86(78,79)80;;;;;/h3-24H,1-2H3,(H,54,60)(H,55,61)(H,56,58)(H,57,59)(H2,52,53,62)(H,63,64,65)(H,66,67,68)(H,69,70,71)(H,72,73,74)(H,75,76,77)(H,78,79,80);;;;;/q;5*+1. The van der Waals surface area contributed by atoms with Gasteiger partial charge in [-0.1, -0.05) is 24.3 Å². The van der Waals surface area contributed by atoms with Gasteiger partial charge in [-0.2, -0.15) is 50.5 Å². The fraction of sp³-hybridized carbons (Fsp3) is 0.0392. The smallest absolute Gasteiger partial charge is 0.322 e. The first-order chi connectivity index (χ1) is 39.8. The largest absolute Gasteiger partial charge is 1.00 e. The van der Waals surface area contributed by atoms with Crippen LogP contribution in [0.1, 0.15) is 52.6 Å². The molecule has 40 heteroatoms. The molecule has 0 unspecified atom stereocenters. The van der Waals surface area contributed by atoms with Gasteiger partial charge < -0.3 is 31.9 Å². The van der Waals surface area contributed by atoms with Crippen molar-refractivity contribution >= 4 is 146 Å². The summed E-state index contributed by atoms with van der Waals surface area (Å²) in [5.74, 6) is -3.56. The minimum atomic E-state index is -5.45. The minimum Gasteiger partial charge on any atom is -0.322 e. The number of carbonyl (C=O) groups excluding carboxylic acids is 5. The van der Waals surface area contributed by atoms with E-state index in [9.17, 15) is 102 Å². The molecule has 91 heavy (non-hydrogen) atoms. The van der Waals surface area contributed by atoms with Gasteiger partial charge in [-0.25, -0.2) is 4.79 Å². The number of carbonyl (C=O) groups is 5. The molecule has 8 aromatic rings. The van der Waals surface area contributed by atoms with Crippen molar-refractivity contribution in [3.63, 3.8) is 0 Å². The zero-order valence-corrected chi connectivity index (χ0v) is 63.2. The van der Waals surface area contributed by atoms with E-state index in [0.29, 0.717) is 47.5 Å². The normalized spacial score (nSPS) is 11.6. The molecule has 12 N–H and O–H groups in total. The number of anilines is 6. The second-order valence-electron chi connectivity index (χ2n) is 18.4. The molecule has 0 spiro atoms. The van der Waals surface area contributed by atoms with E-state index < -0.39 is 153 Å². The van der Waals surface area contributed by atoms with Gasteiger partial charge in [0.2, 0.25) is 0 Å². The number of aryl methyl sites for hydroxylation is 2. The fourth-order valence-electron chi connectivity index (χ4n) is 8.50. The van der Waals surface area contributed by atoms with E-state index in [1.807, 2.05) is 0 Å². The summed E-state index contributed by atoms with van der Waals surface area (Å²) < 4.78 is 206. The van der Waals surface area contributed by atoms with E-state index in [0.717, 1.165) is 12.1 Å². The molecule has 8 rings (SSSR count). The van der Waals surface area contributed by atoms with Gasteiger partial charge in [0.25, 0.3) is 84.3 Å². The summed E-state index contributed by atoms with van der Waals surface area (Å²) in [4.78, 5) is 60.8. The van der Waals surface area contributed by atoms with E-state index in [1.54, 1.807) is 13.8 Å². The molecule has 0 fully saturated rings. The van der Waals surface area contributed by atoms with Crippen LogP contribution in [0.4, 0.5) is 38.9 Å². The Bertz CT molecular complexity index is 4740. The molecule has 0 aliphatic heterocycles. The first-order valence-corrected chi connectivity index (χ1v) is 32.2. The molecule has 0 saturated heterocycles. The topological polar surface area (TPSA) is 484 Å². The molecule has 8 aromatic carbocycles. The van der Waals surface area contributed by atoms with Gasteiger partial charge in [0.15, 0.2) is 0 Å². The molecule has 0 radical (unpaired) electrons. The Kier molecular flexibility index (Phi) is 27.8. The molecule has 29 nitrogen and oxygen atoms in total. The minimum absolute atomic E-state index is 0. The second-order valence-corrected chi connectivity index (χ2v) is 26.8. The Morgan fingerprint density at radius 1 is 0.308 bits per heavy atom. The van der Waals surface area contributed by atoms with Crippen LogP contribution in [-0.2, 0) is 60.7 Å². The van der Waals surface area contributed by atoms with Gasteiger partial charge in [0, 0.05) is 66.5 Å². The average Bonchev–Trinajstić information content (AvgIpc) is 0.772. The maximum absolute atomic E-state index is 13.7. The Morgan fingerprint density at radius 3 is 0.901 bits per heavy atom. The Labute approximate surface area is 629 Å². The first-order valence-electron chi connectivity index (χ1n) is 23.6. The van der Waals surface area contributed by atoms with Crippen LogP contribution < -0.4 is 180 Å². The molecule has 0 bridgehead atoms. The third-order valence-electron chi connectivity index (χ3n) is 12.5. The molecule has 6 amide bonds. The van der Waals surface area contributed by atoms with Crippen molar-refractivity contribution in [3.05, 3.63) is 167 Å². The third-order valence-corrected chi connectivity index (χ3v) is 17.7. The number of amides is 6. The van der Waals surface area contributed by atoms with Gasteiger partial charge in [-0.15, -0.1) is 0 Å². The maximum Gasteiger partial charge on any atom is 1.00 e. The summed E-state index contributed by atoms with van der Waals surface area (Å²) in [7, 11) is -31.9. The average molecular weight is 1410 g/mol. The van der Waals surface area contributed by atoms with Crippen LogP contribution in [0, 0.1) is 13.8 Å². The van der Waals surface area contributed by atoms with Crippen molar-refractivity contribution in [3.8, 4) is 0 Å². The van der Waals surface area contributed by atoms with Crippen LogP contribution in [0.5, 0.6) is 0 Å².